The van der Waals surface area contributed by atoms with Gasteiger partial charge in [-0.15, -0.1) is 11.3 Å². The van der Waals surface area contributed by atoms with Gasteiger partial charge in [-0.1, -0.05) is 6.07 Å². The van der Waals surface area contributed by atoms with Crippen LogP contribution in [0.15, 0.2) is 17.5 Å². The normalized spacial score (nSPS) is 12.1. The second-order valence-corrected chi connectivity index (χ2v) is 4.35. The molecule has 0 aliphatic carbocycles. The van der Waals surface area contributed by atoms with Gasteiger partial charge < -0.3 is 10.4 Å². The predicted octanol–water partition coefficient (Wildman–Crippen LogP) is 1.27. The van der Waals surface area contributed by atoms with Crippen LogP contribution in [0.4, 0.5) is 0 Å². The van der Waals surface area contributed by atoms with E-state index in [-0.39, 0.29) is 6.04 Å². The van der Waals surface area contributed by atoms with Gasteiger partial charge in [-0.25, -0.2) is 0 Å². The molecule has 0 aromatic carbocycles. The number of carbonyl (C=O) groups is 2. The Morgan fingerprint density at radius 3 is 2.87 bits per heavy atom. The fourth-order valence-electron chi connectivity index (χ4n) is 1.24. The first kappa shape index (κ1) is 11.7. The molecule has 1 aromatic heterocycles. The van der Waals surface area contributed by atoms with Crippen molar-refractivity contribution in [3.05, 3.63) is 22.4 Å². The number of aliphatic carboxylic acids is 1. The minimum Gasteiger partial charge on any atom is -0.481 e. The van der Waals surface area contributed by atoms with Crippen molar-refractivity contribution in [2.45, 2.75) is 25.8 Å². The maximum Gasteiger partial charge on any atom is 0.312 e. The second-order valence-electron chi connectivity index (χ2n) is 3.32. The summed E-state index contributed by atoms with van der Waals surface area (Å²) >= 11 is 1.62. The SMILES string of the molecule is CC(Cc1cccs1)NC(=O)CC(=O)O. The van der Waals surface area contributed by atoms with E-state index in [1.165, 1.54) is 4.88 Å². The van der Waals surface area contributed by atoms with Gasteiger partial charge in [0.1, 0.15) is 6.42 Å². The van der Waals surface area contributed by atoms with Crippen LogP contribution >= 0.6 is 11.3 Å². The molecule has 0 saturated carbocycles. The Hall–Kier alpha value is -1.36. The van der Waals surface area contributed by atoms with Crippen molar-refractivity contribution in [1.29, 1.82) is 0 Å². The van der Waals surface area contributed by atoms with Gasteiger partial charge in [0.05, 0.1) is 0 Å². The van der Waals surface area contributed by atoms with E-state index in [1.807, 2.05) is 24.4 Å². The van der Waals surface area contributed by atoms with Gasteiger partial charge in [-0.05, 0) is 18.4 Å². The van der Waals surface area contributed by atoms with Gasteiger partial charge in [0, 0.05) is 17.3 Å². The summed E-state index contributed by atoms with van der Waals surface area (Å²) < 4.78 is 0. The van der Waals surface area contributed by atoms with E-state index in [4.69, 9.17) is 5.11 Å². The summed E-state index contributed by atoms with van der Waals surface area (Å²) in [6, 6.07) is 3.91. The number of rotatable bonds is 5. The predicted molar refractivity (Wildman–Crippen MR) is 57.9 cm³/mol. The molecule has 15 heavy (non-hydrogen) atoms. The minimum absolute atomic E-state index is 0.0319. The highest BCUT2D eigenvalue weighted by atomic mass is 32.1. The summed E-state index contributed by atoms with van der Waals surface area (Å²) in [5.41, 5.74) is 0. The average Bonchev–Trinajstić information content (AvgIpc) is 2.53. The minimum atomic E-state index is -1.10. The molecule has 5 heteroatoms. The lowest BCUT2D eigenvalue weighted by molar-refractivity contribution is -0.140. The molecular weight excluding hydrogens is 214 g/mol. The van der Waals surface area contributed by atoms with Gasteiger partial charge in [-0.3, -0.25) is 9.59 Å². The van der Waals surface area contributed by atoms with Gasteiger partial charge in [0.25, 0.3) is 0 Å². The van der Waals surface area contributed by atoms with Crippen LogP contribution in [0, 0.1) is 0 Å². The highest BCUT2D eigenvalue weighted by molar-refractivity contribution is 7.09. The molecule has 0 saturated heterocycles. The van der Waals surface area contributed by atoms with E-state index in [0.717, 1.165) is 6.42 Å². The first-order valence-corrected chi connectivity index (χ1v) is 5.49. The summed E-state index contributed by atoms with van der Waals surface area (Å²) in [6.45, 7) is 1.86. The zero-order valence-corrected chi connectivity index (χ0v) is 9.21. The topological polar surface area (TPSA) is 66.4 Å². The number of hydrogen-bond acceptors (Lipinski definition) is 3. The standard InChI is InChI=1S/C10H13NO3S/c1-7(5-8-3-2-4-15-8)11-9(12)6-10(13)14/h2-4,7H,5-6H2,1H3,(H,11,12)(H,13,14). The van der Waals surface area contributed by atoms with Crippen molar-refractivity contribution in [3.8, 4) is 0 Å². The summed E-state index contributed by atoms with van der Waals surface area (Å²) in [6.07, 6.45) is 0.276. The molecule has 1 unspecified atom stereocenters. The fraction of sp³-hybridized carbons (Fsp3) is 0.400. The monoisotopic (exact) mass is 227 g/mol. The molecule has 2 N–H and O–H groups in total. The molecule has 1 rings (SSSR count). The van der Waals surface area contributed by atoms with Crippen molar-refractivity contribution < 1.29 is 14.7 Å². The molecule has 0 fully saturated rings. The number of carboxylic acids is 1. The third-order valence-electron chi connectivity index (χ3n) is 1.81. The largest absolute Gasteiger partial charge is 0.481 e. The van der Waals surface area contributed by atoms with Crippen LogP contribution in [0.1, 0.15) is 18.2 Å². The lowest BCUT2D eigenvalue weighted by Gasteiger charge is -2.11. The van der Waals surface area contributed by atoms with E-state index in [2.05, 4.69) is 5.32 Å². The summed E-state index contributed by atoms with van der Waals surface area (Å²) in [7, 11) is 0. The molecule has 1 heterocycles. The Labute approximate surface area is 91.9 Å². The van der Waals surface area contributed by atoms with Gasteiger partial charge in [-0.2, -0.15) is 0 Å². The highest BCUT2D eigenvalue weighted by Gasteiger charge is 2.11. The third-order valence-corrected chi connectivity index (χ3v) is 2.71. The van der Waals surface area contributed by atoms with Crippen molar-refractivity contribution in [2.75, 3.05) is 0 Å². The molecule has 0 spiro atoms. The maximum atomic E-state index is 11.1. The van der Waals surface area contributed by atoms with Crippen molar-refractivity contribution in [2.24, 2.45) is 0 Å². The molecule has 1 aromatic rings. The second kappa shape index (κ2) is 5.50. The zero-order valence-electron chi connectivity index (χ0n) is 8.40. The van der Waals surface area contributed by atoms with Gasteiger partial charge in [0.2, 0.25) is 5.91 Å². The first-order chi connectivity index (χ1) is 7.08. The van der Waals surface area contributed by atoms with Crippen molar-refractivity contribution in [3.63, 3.8) is 0 Å². The fourth-order valence-corrected chi connectivity index (χ4v) is 2.08. The zero-order chi connectivity index (χ0) is 11.3. The number of thiophene rings is 1. The van der Waals surface area contributed by atoms with E-state index < -0.39 is 18.3 Å². The number of hydrogen-bond donors (Lipinski definition) is 2. The molecular formula is C10H13NO3S. The maximum absolute atomic E-state index is 11.1. The van der Waals surface area contributed by atoms with Crippen LogP contribution < -0.4 is 5.32 Å². The lowest BCUT2D eigenvalue weighted by Crippen LogP contribution is -2.34. The van der Waals surface area contributed by atoms with Crippen LogP contribution in [0.25, 0.3) is 0 Å². The van der Waals surface area contributed by atoms with Crippen LogP contribution in [-0.4, -0.2) is 23.0 Å². The van der Waals surface area contributed by atoms with Crippen LogP contribution in [0.3, 0.4) is 0 Å². The van der Waals surface area contributed by atoms with E-state index in [1.54, 1.807) is 11.3 Å². The molecule has 0 bridgehead atoms. The molecule has 4 nitrogen and oxygen atoms in total. The quantitative estimate of drug-likeness (QED) is 0.744. The molecule has 0 aliphatic heterocycles. The molecule has 0 radical (unpaired) electrons. The van der Waals surface area contributed by atoms with E-state index in [0.29, 0.717) is 0 Å². The van der Waals surface area contributed by atoms with Crippen LogP contribution in [0.2, 0.25) is 0 Å². The smallest absolute Gasteiger partial charge is 0.312 e. The van der Waals surface area contributed by atoms with E-state index >= 15 is 0 Å². The highest BCUT2D eigenvalue weighted by Crippen LogP contribution is 2.10. The Morgan fingerprint density at radius 1 is 1.60 bits per heavy atom. The van der Waals surface area contributed by atoms with Crippen LogP contribution in [-0.2, 0) is 16.0 Å². The first-order valence-electron chi connectivity index (χ1n) is 4.61. The van der Waals surface area contributed by atoms with Crippen molar-refractivity contribution >= 4 is 23.2 Å². The van der Waals surface area contributed by atoms with Crippen LogP contribution in [0.5, 0.6) is 0 Å². The lowest BCUT2D eigenvalue weighted by atomic mass is 10.2. The third kappa shape index (κ3) is 4.60. The number of amides is 1. The number of nitrogens with one attached hydrogen (secondary N) is 1. The molecule has 0 aliphatic rings. The molecule has 1 amide bonds. The Balaban J connectivity index is 2.32. The van der Waals surface area contributed by atoms with E-state index in [9.17, 15) is 9.59 Å². The Kier molecular flexibility index (Phi) is 4.30. The number of carboxylic acid groups (broad SMARTS) is 1. The number of carbonyl (C=O) groups excluding carboxylic acids is 1. The van der Waals surface area contributed by atoms with Gasteiger partial charge in [0.15, 0.2) is 0 Å². The summed E-state index contributed by atoms with van der Waals surface area (Å²) in [4.78, 5) is 22.5. The molecule has 82 valence electrons. The Bertz CT molecular complexity index is 334. The summed E-state index contributed by atoms with van der Waals surface area (Å²) in [5, 5.41) is 13.0. The average molecular weight is 227 g/mol. The van der Waals surface area contributed by atoms with Gasteiger partial charge >= 0.3 is 5.97 Å². The Morgan fingerprint density at radius 2 is 2.33 bits per heavy atom. The summed E-state index contributed by atoms with van der Waals surface area (Å²) in [5.74, 6) is -1.54. The van der Waals surface area contributed by atoms with Crippen molar-refractivity contribution in [1.82, 2.24) is 5.32 Å². The molecule has 1 atom stereocenters.